The van der Waals surface area contributed by atoms with Gasteiger partial charge in [-0.1, -0.05) is 42.1 Å². The largest absolute Gasteiger partial charge is 0.468 e. The molecule has 30 heavy (non-hydrogen) atoms. The summed E-state index contributed by atoms with van der Waals surface area (Å²) >= 11 is 1.40. The summed E-state index contributed by atoms with van der Waals surface area (Å²) < 4.78 is 25.6. The number of halogens is 1. The summed E-state index contributed by atoms with van der Waals surface area (Å²) in [7, 11) is 1.33. The fourth-order valence-corrected chi connectivity index (χ4v) is 3.88. The molecule has 0 fully saturated rings. The summed E-state index contributed by atoms with van der Waals surface area (Å²) in [6.45, 7) is 0.547. The Bertz CT molecular complexity index is 1140. The van der Waals surface area contributed by atoms with Gasteiger partial charge in [-0.3, -0.25) is 4.57 Å². The van der Waals surface area contributed by atoms with E-state index in [2.05, 4.69) is 10.2 Å². The van der Waals surface area contributed by atoms with Crippen molar-refractivity contribution in [2.45, 2.75) is 17.5 Å². The van der Waals surface area contributed by atoms with Gasteiger partial charge in [-0.15, -0.1) is 10.2 Å². The number of carbonyl (C=O) groups excluding carboxylic acids is 1. The lowest BCUT2D eigenvalue weighted by Crippen LogP contribution is -2.05. The molecule has 0 aliphatic heterocycles. The van der Waals surface area contributed by atoms with Crippen molar-refractivity contribution in [3.8, 4) is 11.4 Å². The number of hydrogen-bond donors (Lipinski definition) is 0. The third kappa shape index (κ3) is 4.28. The average Bonchev–Trinajstić information content (AvgIpc) is 3.40. The predicted molar refractivity (Wildman–Crippen MR) is 111 cm³/mol. The van der Waals surface area contributed by atoms with E-state index in [1.54, 1.807) is 18.2 Å². The smallest absolute Gasteiger partial charge is 0.341 e. The van der Waals surface area contributed by atoms with Crippen LogP contribution in [-0.2, 0) is 17.0 Å². The fraction of sp³-hybridized carbons (Fsp3) is 0.136. The van der Waals surface area contributed by atoms with Gasteiger partial charge in [0.25, 0.3) is 0 Å². The van der Waals surface area contributed by atoms with Gasteiger partial charge in [0.15, 0.2) is 11.0 Å². The summed E-state index contributed by atoms with van der Waals surface area (Å²) in [5.74, 6) is 0.763. The van der Waals surface area contributed by atoms with Crippen LogP contribution >= 0.6 is 11.8 Å². The minimum atomic E-state index is -0.447. The van der Waals surface area contributed by atoms with Gasteiger partial charge in [0.05, 0.1) is 25.7 Å². The lowest BCUT2D eigenvalue weighted by atomic mass is 10.2. The first-order chi connectivity index (χ1) is 14.7. The number of hydrogen-bond acceptors (Lipinski definition) is 6. The number of methoxy groups -OCH3 is 1. The zero-order valence-corrected chi connectivity index (χ0v) is 16.9. The second-order valence-electron chi connectivity index (χ2n) is 6.42. The van der Waals surface area contributed by atoms with E-state index in [-0.39, 0.29) is 5.82 Å². The van der Waals surface area contributed by atoms with E-state index in [9.17, 15) is 9.18 Å². The summed E-state index contributed by atoms with van der Waals surface area (Å²) in [6, 6.07) is 17.7. The maximum Gasteiger partial charge on any atom is 0.341 e. The van der Waals surface area contributed by atoms with Gasteiger partial charge in [-0.25, -0.2) is 9.18 Å². The Labute approximate surface area is 176 Å². The molecule has 2 aromatic heterocycles. The van der Waals surface area contributed by atoms with Crippen LogP contribution in [0, 0.1) is 5.82 Å². The summed E-state index contributed by atoms with van der Waals surface area (Å²) in [4.78, 5) is 11.9. The highest BCUT2D eigenvalue weighted by Gasteiger charge is 2.19. The molecule has 0 atom stereocenters. The zero-order valence-electron chi connectivity index (χ0n) is 16.1. The van der Waals surface area contributed by atoms with E-state index < -0.39 is 5.97 Å². The van der Waals surface area contributed by atoms with Crippen molar-refractivity contribution in [2.75, 3.05) is 7.11 Å². The molecule has 0 saturated heterocycles. The fourth-order valence-electron chi connectivity index (χ4n) is 2.99. The van der Waals surface area contributed by atoms with E-state index in [4.69, 9.17) is 9.15 Å². The maximum atomic E-state index is 13.4. The average molecular weight is 423 g/mol. The molecule has 0 bridgehead atoms. The maximum absolute atomic E-state index is 13.4. The highest BCUT2D eigenvalue weighted by molar-refractivity contribution is 7.98. The van der Waals surface area contributed by atoms with Crippen molar-refractivity contribution in [1.82, 2.24) is 14.8 Å². The van der Waals surface area contributed by atoms with Gasteiger partial charge in [-0.2, -0.15) is 0 Å². The molecule has 0 unspecified atom stereocenters. The highest BCUT2D eigenvalue weighted by Crippen LogP contribution is 2.29. The number of esters is 1. The van der Waals surface area contributed by atoms with Gasteiger partial charge in [0.1, 0.15) is 17.1 Å². The van der Waals surface area contributed by atoms with Crippen LogP contribution in [0.25, 0.3) is 11.4 Å². The SMILES string of the molecule is COC(=O)c1ccoc1CSc1nnc(-c2ccc(F)cc2)n1Cc1ccccc1. The molecular formula is C22H18FN3O3S. The van der Waals surface area contributed by atoms with Crippen molar-refractivity contribution in [1.29, 1.82) is 0 Å². The molecule has 4 rings (SSSR count). The van der Waals surface area contributed by atoms with Gasteiger partial charge >= 0.3 is 5.97 Å². The van der Waals surface area contributed by atoms with E-state index in [0.717, 1.165) is 11.1 Å². The highest BCUT2D eigenvalue weighted by atomic mass is 32.2. The van der Waals surface area contributed by atoms with Crippen molar-refractivity contribution in [3.63, 3.8) is 0 Å². The minimum Gasteiger partial charge on any atom is -0.468 e. The standard InChI is InChI=1S/C22H18FN3O3S/c1-28-21(27)18-11-12-29-19(18)14-30-22-25-24-20(16-7-9-17(23)10-8-16)26(22)13-15-5-3-2-4-6-15/h2-12H,13-14H2,1H3. The van der Waals surface area contributed by atoms with Crippen LogP contribution in [0.1, 0.15) is 21.7 Å². The van der Waals surface area contributed by atoms with Gasteiger partial charge in [0.2, 0.25) is 0 Å². The lowest BCUT2D eigenvalue weighted by Gasteiger charge is -2.10. The Kier molecular flexibility index (Phi) is 5.94. The van der Waals surface area contributed by atoms with Crippen molar-refractivity contribution >= 4 is 17.7 Å². The van der Waals surface area contributed by atoms with Crippen LogP contribution in [0.15, 0.2) is 76.5 Å². The van der Waals surface area contributed by atoms with Crippen molar-refractivity contribution < 1.29 is 18.3 Å². The second-order valence-corrected chi connectivity index (χ2v) is 7.37. The topological polar surface area (TPSA) is 70.2 Å². The quantitative estimate of drug-likeness (QED) is 0.314. The molecule has 152 valence electrons. The van der Waals surface area contributed by atoms with Crippen LogP contribution < -0.4 is 0 Å². The third-order valence-electron chi connectivity index (χ3n) is 4.49. The molecule has 0 N–H and O–H groups in total. The van der Waals surface area contributed by atoms with Gasteiger partial charge in [-0.05, 0) is 35.9 Å². The Morgan fingerprint density at radius 1 is 1.10 bits per heavy atom. The molecule has 0 radical (unpaired) electrons. The Morgan fingerprint density at radius 2 is 1.87 bits per heavy atom. The molecule has 8 heteroatoms. The molecular weight excluding hydrogens is 405 g/mol. The first kappa shape index (κ1) is 19.9. The number of carbonyl (C=O) groups is 1. The molecule has 0 amide bonds. The molecule has 2 aromatic carbocycles. The molecule has 6 nitrogen and oxygen atoms in total. The minimum absolute atomic E-state index is 0.310. The molecule has 0 spiro atoms. The number of thioether (sulfide) groups is 1. The van der Waals surface area contributed by atoms with Crippen molar-refractivity contribution in [2.24, 2.45) is 0 Å². The van der Waals surface area contributed by atoms with E-state index in [0.29, 0.717) is 34.6 Å². The molecule has 0 aliphatic carbocycles. The predicted octanol–water partition coefficient (Wildman–Crippen LogP) is 4.80. The first-order valence-corrected chi connectivity index (χ1v) is 10.1. The lowest BCUT2D eigenvalue weighted by molar-refractivity contribution is 0.0598. The number of aromatic nitrogens is 3. The Hall–Kier alpha value is -3.39. The van der Waals surface area contributed by atoms with E-state index >= 15 is 0 Å². The third-order valence-corrected chi connectivity index (χ3v) is 5.45. The van der Waals surface area contributed by atoms with Gasteiger partial charge in [0, 0.05) is 5.56 Å². The number of ether oxygens (including phenoxy) is 1. The normalized spacial score (nSPS) is 10.9. The number of nitrogens with zero attached hydrogens (tertiary/aromatic N) is 3. The molecule has 0 saturated carbocycles. The zero-order chi connectivity index (χ0) is 20.9. The van der Waals surface area contributed by atoms with Crippen LogP contribution in [0.2, 0.25) is 0 Å². The number of furan rings is 1. The second kappa shape index (κ2) is 8.96. The van der Waals surface area contributed by atoms with Crippen molar-refractivity contribution in [3.05, 3.63) is 89.6 Å². The van der Waals surface area contributed by atoms with Crippen LogP contribution in [0.4, 0.5) is 4.39 Å². The van der Waals surface area contributed by atoms with E-state index in [1.807, 2.05) is 34.9 Å². The van der Waals surface area contributed by atoms with Crippen LogP contribution in [0.5, 0.6) is 0 Å². The first-order valence-electron chi connectivity index (χ1n) is 9.16. The Balaban J connectivity index is 1.65. The monoisotopic (exact) mass is 423 g/mol. The molecule has 4 aromatic rings. The molecule has 0 aliphatic rings. The van der Waals surface area contributed by atoms with Crippen LogP contribution in [0.3, 0.4) is 0 Å². The number of benzene rings is 2. The Morgan fingerprint density at radius 3 is 2.60 bits per heavy atom. The van der Waals surface area contributed by atoms with E-state index in [1.165, 1.54) is 37.3 Å². The number of rotatable bonds is 7. The summed E-state index contributed by atoms with van der Waals surface area (Å²) in [5.41, 5.74) is 2.23. The molecule has 2 heterocycles. The van der Waals surface area contributed by atoms with Crippen LogP contribution in [-0.4, -0.2) is 27.8 Å². The summed E-state index contributed by atoms with van der Waals surface area (Å²) in [5, 5.41) is 9.32. The van der Waals surface area contributed by atoms with Gasteiger partial charge < -0.3 is 9.15 Å². The summed E-state index contributed by atoms with van der Waals surface area (Å²) in [6.07, 6.45) is 1.46.